The molecule has 8 heteroatoms. The van der Waals surface area contributed by atoms with Crippen LogP contribution in [0, 0.1) is 12.8 Å². The minimum atomic E-state index is -3.92. The molecule has 0 radical (unpaired) electrons. The van der Waals surface area contributed by atoms with Gasteiger partial charge >= 0.3 is 5.97 Å². The molecule has 0 bridgehead atoms. The molecule has 1 aromatic heterocycles. The highest BCUT2D eigenvalue weighted by atomic mass is 32.2. The number of aryl methyl sites for hydroxylation is 2. The summed E-state index contributed by atoms with van der Waals surface area (Å²) in [5.74, 6) is -0.960. The van der Waals surface area contributed by atoms with E-state index in [2.05, 4.69) is 9.71 Å². The number of carbonyl (C=O) groups is 1. The van der Waals surface area contributed by atoms with E-state index in [1.165, 1.54) is 6.20 Å². The van der Waals surface area contributed by atoms with Crippen LogP contribution in [-0.4, -0.2) is 35.1 Å². The molecule has 0 saturated heterocycles. The molecule has 1 rings (SSSR count). The Morgan fingerprint density at radius 2 is 2.16 bits per heavy atom. The number of aliphatic carboxylic acids is 1. The van der Waals surface area contributed by atoms with Crippen LogP contribution in [0.2, 0.25) is 0 Å². The van der Waals surface area contributed by atoms with Crippen molar-refractivity contribution in [2.45, 2.75) is 38.3 Å². The Labute approximate surface area is 112 Å². The van der Waals surface area contributed by atoms with Crippen molar-refractivity contribution < 1.29 is 18.3 Å². The minimum absolute atomic E-state index is 0.165. The third kappa shape index (κ3) is 3.54. The molecule has 108 valence electrons. The molecule has 0 saturated carbocycles. The van der Waals surface area contributed by atoms with Gasteiger partial charge in [0.1, 0.15) is 11.9 Å². The zero-order valence-electron chi connectivity index (χ0n) is 11.4. The molecular weight excluding hydrogens is 270 g/mol. The normalized spacial score (nSPS) is 15.2. The Morgan fingerprint density at radius 1 is 1.58 bits per heavy atom. The number of nitrogens with one attached hydrogen (secondary N) is 1. The van der Waals surface area contributed by atoms with Crippen molar-refractivity contribution in [1.29, 1.82) is 0 Å². The standard InChI is InChI=1S/C11H19N3O4S/c1-5-7(2)10(11(15)16)13-19(17,18)9-6-14(4)8(3)12-9/h6-7,10,13H,5H2,1-4H3,(H,15,16)/t7-,10-/m0/s1. The second kappa shape index (κ2) is 5.70. The van der Waals surface area contributed by atoms with Gasteiger partial charge in [0.2, 0.25) is 0 Å². The van der Waals surface area contributed by atoms with E-state index in [-0.39, 0.29) is 10.9 Å². The number of imidazole rings is 1. The Balaban J connectivity index is 3.04. The fourth-order valence-electron chi connectivity index (χ4n) is 1.53. The van der Waals surface area contributed by atoms with Crippen molar-refractivity contribution in [1.82, 2.24) is 14.3 Å². The molecule has 0 unspecified atom stereocenters. The summed E-state index contributed by atoms with van der Waals surface area (Å²) in [7, 11) is -2.25. The summed E-state index contributed by atoms with van der Waals surface area (Å²) in [5, 5.41) is 8.93. The van der Waals surface area contributed by atoms with Gasteiger partial charge < -0.3 is 9.67 Å². The van der Waals surface area contributed by atoms with Crippen LogP contribution >= 0.6 is 0 Å². The molecule has 0 aliphatic heterocycles. The summed E-state index contributed by atoms with van der Waals surface area (Å²) in [4.78, 5) is 15.0. The molecule has 19 heavy (non-hydrogen) atoms. The largest absolute Gasteiger partial charge is 0.480 e. The Hall–Kier alpha value is -1.41. The lowest BCUT2D eigenvalue weighted by Gasteiger charge is -2.19. The number of carboxylic acid groups (broad SMARTS) is 1. The third-order valence-corrected chi connectivity index (χ3v) is 4.43. The summed E-state index contributed by atoms with van der Waals surface area (Å²) in [5.41, 5.74) is 0. The van der Waals surface area contributed by atoms with Crippen LogP contribution in [0.5, 0.6) is 0 Å². The SMILES string of the molecule is CC[C@H](C)[C@H](NS(=O)(=O)c1cn(C)c(C)n1)C(=O)O. The van der Waals surface area contributed by atoms with Gasteiger partial charge in [-0.3, -0.25) is 4.79 Å². The number of hydrogen-bond acceptors (Lipinski definition) is 4. The highest BCUT2D eigenvalue weighted by Gasteiger charge is 2.30. The number of hydrogen-bond donors (Lipinski definition) is 2. The molecule has 0 amide bonds. The number of carboxylic acids is 1. The summed E-state index contributed by atoms with van der Waals surface area (Å²) in [6.45, 7) is 5.16. The molecule has 0 aromatic carbocycles. The Morgan fingerprint density at radius 3 is 2.53 bits per heavy atom. The second-order valence-corrected chi connectivity index (χ2v) is 6.22. The zero-order chi connectivity index (χ0) is 14.8. The molecule has 0 aliphatic carbocycles. The van der Waals surface area contributed by atoms with Crippen LogP contribution in [-0.2, 0) is 21.9 Å². The first-order valence-electron chi connectivity index (χ1n) is 5.94. The van der Waals surface area contributed by atoms with Crippen LogP contribution in [0.25, 0.3) is 0 Å². The molecule has 2 atom stereocenters. The first-order chi connectivity index (χ1) is 8.69. The number of sulfonamides is 1. The lowest BCUT2D eigenvalue weighted by atomic mass is 10.0. The zero-order valence-corrected chi connectivity index (χ0v) is 12.2. The summed E-state index contributed by atoms with van der Waals surface area (Å²) >= 11 is 0. The lowest BCUT2D eigenvalue weighted by Crippen LogP contribution is -2.45. The Bertz CT molecular complexity index is 545. The summed E-state index contributed by atoms with van der Waals surface area (Å²) < 4.78 is 27.9. The van der Waals surface area contributed by atoms with Crippen molar-refractivity contribution >= 4 is 16.0 Å². The first-order valence-corrected chi connectivity index (χ1v) is 7.42. The Kier molecular flexibility index (Phi) is 4.70. The highest BCUT2D eigenvalue weighted by molar-refractivity contribution is 7.89. The maximum absolute atomic E-state index is 12.1. The lowest BCUT2D eigenvalue weighted by molar-refractivity contribution is -0.140. The predicted octanol–water partition coefficient (Wildman–Crippen LogP) is 0.506. The summed E-state index contributed by atoms with van der Waals surface area (Å²) in [6, 6.07) is -1.16. The topological polar surface area (TPSA) is 101 Å². The van der Waals surface area contributed by atoms with E-state index in [1.54, 1.807) is 32.4 Å². The van der Waals surface area contributed by atoms with Crippen LogP contribution < -0.4 is 4.72 Å². The van der Waals surface area contributed by atoms with Gasteiger partial charge in [0.05, 0.1) is 0 Å². The van der Waals surface area contributed by atoms with E-state index in [9.17, 15) is 13.2 Å². The van der Waals surface area contributed by atoms with Gasteiger partial charge in [-0.05, 0) is 12.8 Å². The minimum Gasteiger partial charge on any atom is -0.480 e. The number of nitrogens with zero attached hydrogens (tertiary/aromatic N) is 2. The van der Waals surface area contributed by atoms with Crippen molar-refractivity contribution in [2.75, 3.05) is 0 Å². The van der Waals surface area contributed by atoms with Crippen molar-refractivity contribution in [3.63, 3.8) is 0 Å². The smallest absolute Gasteiger partial charge is 0.322 e. The predicted molar refractivity (Wildman–Crippen MR) is 69.1 cm³/mol. The van der Waals surface area contributed by atoms with Gasteiger partial charge in [-0.25, -0.2) is 13.4 Å². The number of aromatic nitrogens is 2. The fraction of sp³-hybridized carbons (Fsp3) is 0.636. The van der Waals surface area contributed by atoms with E-state index in [1.807, 2.05) is 0 Å². The van der Waals surface area contributed by atoms with Crippen LogP contribution in [0.3, 0.4) is 0 Å². The van der Waals surface area contributed by atoms with Gasteiger partial charge in [-0.1, -0.05) is 20.3 Å². The average Bonchev–Trinajstić information content (AvgIpc) is 2.66. The molecule has 0 fully saturated rings. The van der Waals surface area contributed by atoms with Crippen molar-refractivity contribution in [2.24, 2.45) is 13.0 Å². The molecule has 0 aliphatic rings. The monoisotopic (exact) mass is 289 g/mol. The van der Waals surface area contributed by atoms with Crippen LogP contribution in [0.4, 0.5) is 0 Å². The highest BCUT2D eigenvalue weighted by Crippen LogP contribution is 2.13. The van der Waals surface area contributed by atoms with Gasteiger partial charge in [-0.15, -0.1) is 0 Å². The van der Waals surface area contributed by atoms with Gasteiger partial charge in [0.15, 0.2) is 5.03 Å². The van der Waals surface area contributed by atoms with E-state index in [0.717, 1.165) is 0 Å². The fourth-order valence-corrected chi connectivity index (χ4v) is 2.87. The maximum Gasteiger partial charge on any atom is 0.322 e. The average molecular weight is 289 g/mol. The van der Waals surface area contributed by atoms with E-state index >= 15 is 0 Å². The maximum atomic E-state index is 12.1. The molecule has 7 nitrogen and oxygen atoms in total. The molecular formula is C11H19N3O4S. The van der Waals surface area contributed by atoms with E-state index in [0.29, 0.717) is 12.2 Å². The third-order valence-electron chi connectivity index (χ3n) is 3.12. The first kappa shape index (κ1) is 15.6. The van der Waals surface area contributed by atoms with Gasteiger partial charge in [0.25, 0.3) is 10.0 Å². The van der Waals surface area contributed by atoms with E-state index in [4.69, 9.17) is 5.11 Å². The van der Waals surface area contributed by atoms with Crippen molar-refractivity contribution in [3.8, 4) is 0 Å². The van der Waals surface area contributed by atoms with Gasteiger partial charge in [0, 0.05) is 13.2 Å². The van der Waals surface area contributed by atoms with Crippen molar-refractivity contribution in [3.05, 3.63) is 12.0 Å². The molecule has 0 spiro atoms. The molecule has 1 aromatic rings. The quantitative estimate of drug-likeness (QED) is 0.794. The second-order valence-electron chi connectivity index (χ2n) is 4.56. The van der Waals surface area contributed by atoms with Crippen LogP contribution in [0.15, 0.2) is 11.2 Å². The molecule has 2 N–H and O–H groups in total. The summed E-state index contributed by atoms with van der Waals surface area (Å²) in [6.07, 6.45) is 1.91. The van der Waals surface area contributed by atoms with Gasteiger partial charge in [-0.2, -0.15) is 4.72 Å². The van der Waals surface area contributed by atoms with Crippen LogP contribution in [0.1, 0.15) is 26.1 Å². The number of rotatable bonds is 6. The van der Waals surface area contributed by atoms with E-state index < -0.39 is 22.0 Å². The molecule has 1 heterocycles.